The molecule has 1 aromatic heterocycles. The molecule has 3 rings (SSSR count). The number of benzene rings is 1. The van der Waals surface area contributed by atoms with Crippen molar-refractivity contribution in [3.05, 3.63) is 54.6 Å². The van der Waals surface area contributed by atoms with E-state index < -0.39 is 0 Å². The van der Waals surface area contributed by atoms with Crippen molar-refractivity contribution >= 4 is 11.6 Å². The van der Waals surface area contributed by atoms with Crippen LogP contribution in [0.1, 0.15) is 18.9 Å². The number of hydrogen-bond donors (Lipinski definition) is 0. The molecule has 0 N–H and O–H groups in total. The molecule has 2 aromatic rings. The van der Waals surface area contributed by atoms with Gasteiger partial charge in [0.05, 0.1) is 24.5 Å². The maximum atomic E-state index is 13.1. The first-order valence-electron chi connectivity index (χ1n) is 8.79. The zero-order chi connectivity index (χ0) is 19.6. The minimum atomic E-state index is -0.351. The van der Waals surface area contributed by atoms with Crippen molar-refractivity contribution in [1.29, 1.82) is 5.26 Å². The Bertz CT molecular complexity index is 883. The zero-order valence-electron chi connectivity index (χ0n) is 15.5. The Balaban J connectivity index is 1.66. The van der Waals surface area contributed by atoms with E-state index >= 15 is 0 Å². The average Bonchev–Trinajstić information content (AvgIpc) is 3.28. The summed E-state index contributed by atoms with van der Waals surface area (Å²) in [4.78, 5) is 16.0. The van der Waals surface area contributed by atoms with Crippen molar-refractivity contribution in [1.82, 2.24) is 19.6 Å². The first-order valence-corrected chi connectivity index (χ1v) is 8.79. The summed E-state index contributed by atoms with van der Waals surface area (Å²) in [6.45, 7) is 6.86. The third-order valence-electron chi connectivity index (χ3n) is 4.82. The topological polar surface area (TPSA) is 65.2 Å². The Morgan fingerprint density at radius 2 is 2.15 bits per heavy atom. The fourth-order valence-electron chi connectivity index (χ4n) is 3.26. The van der Waals surface area contributed by atoms with Crippen LogP contribution in [0.2, 0.25) is 0 Å². The van der Waals surface area contributed by atoms with Crippen LogP contribution in [0.25, 0.3) is 11.4 Å². The smallest absolute Gasteiger partial charge is 0.243 e. The van der Waals surface area contributed by atoms with Gasteiger partial charge >= 0.3 is 0 Å². The van der Waals surface area contributed by atoms with Crippen LogP contribution in [-0.4, -0.2) is 51.7 Å². The molecule has 140 valence electrons. The van der Waals surface area contributed by atoms with Gasteiger partial charge < -0.3 is 9.80 Å². The minimum absolute atomic E-state index is 0.0829. The van der Waals surface area contributed by atoms with Gasteiger partial charge in [0.2, 0.25) is 5.91 Å². The molecule has 0 bridgehead atoms. The fourth-order valence-corrected chi connectivity index (χ4v) is 3.26. The van der Waals surface area contributed by atoms with Crippen molar-refractivity contribution < 1.29 is 9.18 Å². The summed E-state index contributed by atoms with van der Waals surface area (Å²) in [6, 6.07) is 7.88. The van der Waals surface area contributed by atoms with E-state index in [2.05, 4.69) is 17.7 Å². The van der Waals surface area contributed by atoms with E-state index in [1.807, 2.05) is 6.92 Å². The molecule has 0 aliphatic carbocycles. The number of halogens is 1. The number of amides is 1. The Hall–Kier alpha value is -3.14. The molecule has 2 heterocycles. The maximum absolute atomic E-state index is 13.1. The van der Waals surface area contributed by atoms with E-state index in [4.69, 9.17) is 0 Å². The molecule has 2 atom stereocenters. The quantitative estimate of drug-likeness (QED) is 0.815. The molecule has 0 radical (unpaired) electrons. The van der Waals surface area contributed by atoms with Gasteiger partial charge in [-0.3, -0.25) is 4.79 Å². The molecule has 1 saturated heterocycles. The molecular formula is C20H22FN5O. The van der Waals surface area contributed by atoms with Crippen LogP contribution < -0.4 is 0 Å². The summed E-state index contributed by atoms with van der Waals surface area (Å²) >= 11 is 0. The van der Waals surface area contributed by atoms with Crippen LogP contribution >= 0.6 is 0 Å². The van der Waals surface area contributed by atoms with Crippen LogP contribution in [0.5, 0.6) is 0 Å². The standard InChI is InChI=1S/C20H22FN5O/c1-14-8-19(9-22)25(11-14)20(27)13-24(3)15(2)16-10-23-26(12-16)18-6-4-17(21)5-7-18/h4-7,10,12,14,19H,2,8,11,13H2,1,3H3. The number of carbonyl (C=O) groups is 1. The number of likely N-dealkylation sites (tertiary alicyclic amines) is 1. The third kappa shape index (κ3) is 4.00. The lowest BCUT2D eigenvalue weighted by Crippen LogP contribution is -2.40. The number of aromatic nitrogens is 2. The van der Waals surface area contributed by atoms with Gasteiger partial charge in [0.25, 0.3) is 0 Å². The molecule has 1 aliphatic rings. The predicted octanol–water partition coefficient (Wildman–Crippen LogP) is 2.67. The van der Waals surface area contributed by atoms with Gasteiger partial charge in [-0.05, 0) is 36.6 Å². The Labute approximate surface area is 158 Å². The second-order valence-corrected chi connectivity index (χ2v) is 6.98. The van der Waals surface area contributed by atoms with E-state index in [9.17, 15) is 14.4 Å². The number of likely N-dealkylation sites (N-methyl/N-ethyl adjacent to an activating group) is 1. The molecule has 1 fully saturated rings. The monoisotopic (exact) mass is 367 g/mol. The van der Waals surface area contributed by atoms with E-state index in [1.165, 1.54) is 12.1 Å². The second-order valence-electron chi connectivity index (χ2n) is 6.98. The van der Waals surface area contributed by atoms with Crippen molar-refractivity contribution in [2.75, 3.05) is 20.1 Å². The molecule has 7 heteroatoms. The number of nitriles is 1. The van der Waals surface area contributed by atoms with E-state index in [1.54, 1.807) is 46.1 Å². The second kappa shape index (κ2) is 7.62. The van der Waals surface area contributed by atoms with Crippen LogP contribution in [0.15, 0.2) is 43.2 Å². The third-order valence-corrected chi connectivity index (χ3v) is 4.82. The largest absolute Gasteiger partial charge is 0.365 e. The van der Waals surface area contributed by atoms with Crippen molar-refractivity contribution in [2.45, 2.75) is 19.4 Å². The molecule has 1 aromatic carbocycles. The lowest BCUT2D eigenvalue weighted by Gasteiger charge is -2.25. The van der Waals surface area contributed by atoms with E-state index in [0.29, 0.717) is 18.2 Å². The summed E-state index contributed by atoms with van der Waals surface area (Å²) in [5, 5.41) is 13.5. The van der Waals surface area contributed by atoms with Gasteiger partial charge in [0.1, 0.15) is 11.9 Å². The summed E-state index contributed by atoms with van der Waals surface area (Å²) in [6.07, 6.45) is 4.16. The van der Waals surface area contributed by atoms with Crippen molar-refractivity contribution in [3.63, 3.8) is 0 Å². The molecule has 1 aliphatic heterocycles. The summed E-state index contributed by atoms with van der Waals surface area (Å²) in [5.41, 5.74) is 2.15. The highest BCUT2D eigenvalue weighted by Gasteiger charge is 2.33. The normalized spacial score (nSPS) is 19.0. The molecule has 27 heavy (non-hydrogen) atoms. The highest BCUT2D eigenvalue weighted by atomic mass is 19.1. The molecule has 2 unspecified atom stereocenters. The van der Waals surface area contributed by atoms with Crippen molar-refractivity contribution in [3.8, 4) is 11.8 Å². The zero-order valence-corrected chi connectivity index (χ0v) is 15.5. The van der Waals surface area contributed by atoms with Gasteiger partial charge in [0, 0.05) is 31.0 Å². The first-order chi connectivity index (χ1) is 12.9. The van der Waals surface area contributed by atoms with Gasteiger partial charge in [-0.15, -0.1) is 0 Å². The molecular weight excluding hydrogens is 345 g/mol. The van der Waals surface area contributed by atoms with Crippen LogP contribution in [0.4, 0.5) is 4.39 Å². The number of carbonyl (C=O) groups excluding carboxylic acids is 1. The number of hydrogen-bond acceptors (Lipinski definition) is 4. The van der Waals surface area contributed by atoms with Crippen LogP contribution in [-0.2, 0) is 4.79 Å². The lowest BCUT2D eigenvalue weighted by molar-refractivity contribution is -0.131. The van der Waals surface area contributed by atoms with Crippen molar-refractivity contribution in [2.24, 2.45) is 5.92 Å². The summed E-state index contributed by atoms with van der Waals surface area (Å²) < 4.78 is 14.7. The van der Waals surface area contributed by atoms with E-state index in [0.717, 1.165) is 17.7 Å². The van der Waals surface area contributed by atoms with Gasteiger partial charge in [-0.25, -0.2) is 9.07 Å². The predicted molar refractivity (Wildman–Crippen MR) is 100 cm³/mol. The van der Waals surface area contributed by atoms with Gasteiger partial charge in [0.15, 0.2) is 0 Å². The lowest BCUT2D eigenvalue weighted by atomic mass is 10.1. The van der Waals surface area contributed by atoms with Crippen LogP contribution in [0.3, 0.4) is 0 Å². The molecule has 1 amide bonds. The maximum Gasteiger partial charge on any atom is 0.243 e. The van der Waals surface area contributed by atoms with Crippen LogP contribution in [0, 0.1) is 23.1 Å². The molecule has 6 nitrogen and oxygen atoms in total. The average molecular weight is 367 g/mol. The first kappa shape index (κ1) is 18.6. The van der Waals surface area contributed by atoms with E-state index in [-0.39, 0.29) is 24.3 Å². The Morgan fingerprint density at radius 1 is 1.44 bits per heavy atom. The Morgan fingerprint density at radius 3 is 2.81 bits per heavy atom. The summed E-state index contributed by atoms with van der Waals surface area (Å²) in [5.74, 6) is -0.0535. The number of nitrogens with zero attached hydrogens (tertiary/aromatic N) is 5. The van der Waals surface area contributed by atoms with Gasteiger partial charge in [-0.1, -0.05) is 13.5 Å². The Kier molecular flexibility index (Phi) is 5.26. The fraction of sp³-hybridized carbons (Fsp3) is 0.350. The SMILES string of the molecule is C=C(c1cnn(-c2ccc(F)cc2)c1)N(C)CC(=O)N1CC(C)CC1C#N. The molecule has 0 spiro atoms. The van der Waals surface area contributed by atoms with Gasteiger partial charge in [-0.2, -0.15) is 10.4 Å². The highest BCUT2D eigenvalue weighted by Crippen LogP contribution is 2.23. The molecule has 0 saturated carbocycles. The summed E-state index contributed by atoms with van der Waals surface area (Å²) in [7, 11) is 1.79. The minimum Gasteiger partial charge on any atom is -0.365 e. The highest BCUT2D eigenvalue weighted by molar-refractivity contribution is 5.81. The number of rotatable bonds is 5.